The first-order chi connectivity index (χ1) is 12.1. The van der Waals surface area contributed by atoms with Gasteiger partial charge in [0.25, 0.3) is 0 Å². The fourth-order valence-corrected chi connectivity index (χ4v) is 2.55. The predicted molar refractivity (Wildman–Crippen MR) is 93.0 cm³/mol. The molecule has 3 aromatic rings. The summed E-state index contributed by atoms with van der Waals surface area (Å²) >= 11 is 0. The summed E-state index contributed by atoms with van der Waals surface area (Å²) in [5.74, 6) is 1.39. The van der Waals surface area contributed by atoms with Crippen molar-refractivity contribution >= 4 is 16.7 Å². The van der Waals surface area contributed by atoms with Crippen LogP contribution in [0.4, 0.5) is 5.69 Å². The molecule has 0 aliphatic carbocycles. The minimum Gasteiger partial charge on any atom is -0.497 e. The van der Waals surface area contributed by atoms with Crippen LogP contribution in [0, 0.1) is 4.91 Å². The fraction of sp³-hybridized carbons (Fsp3) is 0.167. The van der Waals surface area contributed by atoms with Crippen LogP contribution in [0.25, 0.3) is 22.3 Å². The van der Waals surface area contributed by atoms with Crippen molar-refractivity contribution in [2.45, 2.75) is 0 Å². The van der Waals surface area contributed by atoms with Crippen LogP contribution in [-0.4, -0.2) is 21.3 Å². The Kier molecular flexibility index (Phi) is 4.38. The summed E-state index contributed by atoms with van der Waals surface area (Å²) in [6, 6.07) is 9.81. The molecular formula is C18H15NO6. The zero-order valence-electron chi connectivity index (χ0n) is 13.9. The Morgan fingerprint density at radius 2 is 1.68 bits per heavy atom. The van der Waals surface area contributed by atoms with Crippen LogP contribution in [0.3, 0.4) is 0 Å². The van der Waals surface area contributed by atoms with Crippen LogP contribution >= 0.6 is 0 Å². The van der Waals surface area contributed by atoms with E-state index < -0.39 is 5.43 Å². The molecule has 0 unspecified atom stereocenters. The molecule has 128 valence electrons. The van der Waals surface area contributed by atoms with Gasteiger partial charge in [-0.2, -0.15) is 0 Å². The fourth-order valence-electron chi connectivity index (χ4n) is 2.55. The molecule has 7 heteroatoms. The Bertz CT molecular complexity index is 1010. The number of methoxy groups -OCH3 is 3. The van der Waals surface area contributed by atoms with E-state index in [9.17, 15) is 9.70 Å². The molecule has 0 fully saturated rings. The van der Waals surface area contributed by atoms with Gasteiger partial charge in [0.05, 0.1) is 26.7 Å². The highest BCUT2D eigenvalue weighted by molar-refractivity contribution is 5.87. The van der Waals surface area contributed by atoms with E-state index in [0.717, 1.165) is 0 Å². The van der Waals surface area contributed by atoms with Crippen LogP contribution in [0.1, 0.15) is 0 Å². The lowest BCUT2D eigenvalue weighted by Crippen LogP contribution is -2.04. The molecule has 1 aromatic heterocycles. The molecule has 1 heterocycles. The lowest BCUT2D eigenvalue weighted by Gasteiger charge is -2.10. The van der Waals surface area contributed by atoms with Gasteiger partial charge in [-0.3, -0.25) is 4.79 Å². The van der Waals surface area contributed by atoms with Crippen molar-refractivity contribution < 1.29 is 18.6 Å². The second kappa shape index (κ2) is 6.64. The summed E-state index contributed by atoms with van der Waals surface area (Å²) in [6.45, 7) is 0. The standard InChI is InChI=1S/C18H15NO6/c1-22-11-6-4-5-10(7-11)18-16(19-21)17(20)12-8-14(23-2)15(24-3)9-13(12)25-18/h4-9H,1-3H3. The third kappa shape index (κ3) is 2.80. The zero-order chi connectivity index (χ0) is 18.0. The molecule has 3 rings (SSSR count). The molecule has 0 bridgehead atoms. The highest BCUT2D eigenvalue weighted by atomic mass is 16.5. The number of nitrogens with zero attached hydrogens (tertiary/aromatic N) is 1. The normalized spacial score (nSPS) is 10.5. The molecule has 0 saturated carbocycles. The van der Waals surface area contributed by atoms with Crippen molar-refractivity contribution in [2.75, 3.05) is 21.3 Å². The van der Waals surface area contributed by atoms with E-state index >= 15 is 0 Å². The van der Waals surface area contributed by atoms with Gasteiger partial charge < -0.3 is 18.6 Å². The smallest absolute Gasteiger partial charge is 0.222 e. The summed E-state index contributed by atoms with van der Waals surface area (Å²) in [4.78, 5) is 24.0. The number of rotatable bonds is 5. The lowest BCUT2D eigenvalue weighted by molar-refractivity contribution is 0.355. The van der Waals surface area contributed by atoms with Gasteiger partial charge >= 0.3 is 0 Å². The van der Waals surface area contributed by atoms with Crippen LogP contribution < -0.4 is 19.6 Å². The number of nitroso groups, excluding NO2 is 1. The third-order valence-electron chi connectivity index (χ3n) is 3.80. The minimum atomic E-state index is -0.546. The van der Waals surface area contributed by atoms with Crippen molar-refractivity contribution in [3.05, 3.63) is 51.5 Å². The highest BCUT2D eigenvalue weighted by Gasteiger charge is 2.19. The van der Waals surface area contributed by atoms with Gasteiger partial charge in [-0.1, -0.05) is 12.1 Å². The van der Waals surface area contributed by atoms with Crippen molar-refractivity contribution in [1.29, 1.82) is 0 Å². The summed E-state index contributed by atoms with van der Waals surface area (Å²) in [5.41, 5.74) is -0.0985. The molecule has 0 atom stereocenters. The summed E-state index contributed by atoms with van der Waals surface area (Å²) in [5, 5.41) is 3.06. The van der Waals surface area contributed by atoms with E-state index in [1.807, 2.05) is 0 Å². The molecular weight excluding hydrogens is 326 g/mol. The van der Waals surface area contributed by atoms with E-state index in [4.69, 9.17) is 18.6 Å². The Hall–Kier alpha value is -3.35. The molecule has 0 aliphatic rings. The first kappa shape index (κ1) is 16.5. The summed E-state index contributed by atoms with van der Waals surface area (Å²) < 4.78 is 21.4. The Morgan fingerprint density at radius 1 is 0.960 bits per heavy atom. The third-order valence-corrected chi connectivity index (χ3v) is 3.80. The monoisotopic (exact) mass is 341 g/mol. The van der Waals surface area contributed by atoms with Crippen LogP contribution in [0.5, 0.6) is 17.2 Å². The number of ether oxygens (including phenoxy) is 3. The molecule has 0 saturated heterocycles. The zero-order valence-corrected chi connectivity index (χ0v) is 13.9. The molecule has 0 N–H and O–H groups in total. The first-order valence-corrected chi connectivity index (χ1v) is 7.33. The number of benzene rings is 2. The number of hydrogen-bond acceptors (Lipinski definition) is 7. The molecule has 7 nitrogen and oxygen atoms in total. The molecule has 0 radical (unpaired) electrons. The van der Waals surface area contributed by atoms with Gasteiger partial charge in [0.1, 0.15) is 11.3 Å². The molecule has 2 aromatic carbocycles. The number of fused-ring (bicyclic) bond motifs is 1. The summed E-state index contributed by atoms with van der Waals surface area (Å²) in [6.07, 6.45) is 0. The van der Waals surface area contributed by atoms with E-state index in [2.05, 4.69) is 5.18 Å². The van der Waals surface area contributed by atoms with E-state index in [1.165, 1.54) is 33.5 Å². The Morgan fingerprint density at radius 3 is 2.32 bits per heavy atom. The maximum atomic E-state index is 12.7. The lowest BCUT2D eigenvalue weighted by atomic mass is 10.1. The Labute approximate surface area is 142 Å². The van der Waals surface area contributed by atoms with Gasteiger partial charge in [0.2, 0.25) is 5.43 Å². The average Bonchev–Trinajstić information content (AvgIpc) is 2.66. The van der Waals surface area contributed by atoms with Gasteiger partial charge in [0, 0.05) is 11.6 Å². The average molecular weight is 341 g/mol. The second-order valence-corrected chi connectivity index (χ2v) is 5.14. The second-order valence-electron chi connectivity index (χ2n) is 5.14. The maximum absolute atomic E-state index is 12.7. The van der Waals surface area contributed by atoms with E-state index in [-0.39, 0.29) is 22.4 Å². The van der Waals surface area contributed by atoms with Gasteiger partial charge in [0.15, 0.2) is 22.9 Å². The molecule has 0 aliphatic heterocycles. The van der Waals surface area contributed by atoms with Crippen molar-refractivity contribution in [3.8, 4) is 28.6 Å². The molecule has 25 heavy (non-hydrogen) atoms. The quantitative estimate of drug-likeness (QED) is 0.654. The molecule has 0 spiro atoms. The van der Waals surface area contributed by atoms with E-state index in [0.29, 0.717) is 22.8 Å². The van der Waals surface area contributed by atoms with Gasteiger partial charge in [-0.15, -0.1) is 4.91 Å². The van der Waals surface area contributed by atoms with Crippen LogP contribution in [0.2, 0.25) is 0 Å². The van der Waals surface area contributed by atoms with Gasteiger partial charge in [-0.05, 0) is 23.4 Å². The highest BCUT2D eigenvalue weighted by Crippen LogP contribution is 2.36. The first-order valence-electron chi connectivity index (χ1n) is 7.33. The van der Waals surface area contributed by atoms with Crippen LogP contribution in [-0.2, 0) is 0 Å². The van der Waals surface area contributed by atoms with Gasteiger partial charge in [-0.25, -0.2) is 0 Å². The number of hydrogen-bond donors (Lipinski definition) is 0. The summed E-state index contributed by atoms with van der Waals surface area (Å²) in [7, 11) is 4.45. The van der Waals surface area contributed by atoms with Crippen molar-refractivity contribution in [2.24, 2.45) is 5.18 Å². The molecule has 0 amide bonds. The van der Waals surface area contributed by atoms with Crippen molar-refractivity contribution in [1.82, 2.24) is 0 Å². The topological polar surface area (TPSA) is 87.3 Å². The largest absolute Gasteiger partial charge is 0.497 e. The Balaban J connectivity index is 2.36. The maximum Gasteiger partial charge on any atom is 0.222 e. The van der Waals surface area contributed by atoms with E-state index in [1.54, 1.807) is 24.3 Å². The predicted octanol–water partition coefficient (Wildman–Crippen LogP) is 3.88. The SMILES string of the molecule is COc1cccc(-c2oc3cc(OC)c(OC)cc3c(=O)c2N=O)c1. The van der Waals surface area contributed by atoms with Crippen LogP contribution in [0.15, 0.2) is 50.8 Å². The van der Waals surface area contributed by atoms with Crippen molar-refractivity contribution in [3.63, 3.8) is 0 Å². The minimum absolute atomic E-state index is 0.0682.